The van der Waals surface area contributed by atoms with Gasteiger partial charge in [0.2, 0.25) is 0 Å². The van der Waals surface area contributed by atoms with Crippen molar-refractivity contribution >= 4 is 48.3 Å². The SMILES string of the molecule is CN(C)CCCN(C(=O)c1ccc(S(=O)(=O)N2CCc3ccccc32)cc1)c1nc2ccccc2s1. The van der Waals surface area contributed by atoms with E-state index in [9.17, 15) is 13.2 Å². The van der Waals surface area contributed by atoms with Gasteiger partial charge in [0.25, 0.3) is 15.9 Å². The maximum atomic E-state index is 13.6. The summed E-state index contributed by atoms with van der Waals surface area (Å²) in [4.78, 5) is 22.3. The summed E-state index contributed by atoms with van der Waals surface area (Å²) >= 11 is 1.48. The number of rotatable bonds is 8. The molecule has 186 valence electrons. The average molecular weight is 521 g/mol. The van der Waals surface area contributed by atoms with E-state index in [0.717, 1.165) is 34.4 Å². The summed E-state index contributed by atoms with van der Waals surface area (Å²) in [5, 5.41) is 0.644. The van der Waals surface area contributed by atoms with Crippen molar-refractivity contribution in [1.29, 1.82) is 0 Å². The van der Waals surface area contributed by atoms with Gasteiger partial charge in [0, 0.05) is 18.7 Å². The van der Waals surface area contributed by atoms with E-state index in [1.54, 1.807) is 17.0 Å². The van der Waals surface area contributed by atoms with Crippen LogP contribution in [0.3, 0.4) is 0 Å². The minimum atomic E-state index is -3.72. The fraction of sp³-hybridized carbons (Fsp3) is 0.259. The predicted molar refractivity (Wildman–Crippen MR) is 146 cm³/mol. The Bertz CT molecular complexity index is 1460. The number of fused-ring (bicyclic) bond motifs is 2. The molecule has 0 unspecified atom stereocenters. The van der Waals surface area contributed by atoms with Crippen molar-refractivity contribution in [3.05, 3.63) is 83.9 Å². The van der Waals surface area contributed by atoms with Gasteiger partial charge in [-0.15, -0.1) is 0 Å². The van der Waals surface area contributed by atoms with Crippen LogP contribution in [-0.4, -0.2) is 57.9 Å². The zero-order chi connectivity index (χ0) is 25.3. The molecule has 1 aliphatic heterocycles. The molecule has 9 heteroatoms. The molecule has 0 bridgehead atoms. The largest absolute Gasteiger partial charge is 0.309 e. The Balaban J connectivity index is 1.41. The zero-order valence-electron chi connectivity index (χ0n) is 20.3. The smallest absolute Gasteiger partial charge is 0.264 e. The minimum Gasteiger partial charge on any atom is -0.309 e. The van der Waals surface area contributed by atoms with Gasteiger partial charge in [-0.1, -0.05) is 41.7 Å². The molecule has 3 aromatic carbocycles. The van der Waals surface area contributed by atoms with Crippen LogP contribution in [-0.2, 0) is 16.4 Å². The summed E-state index contributed by atoms with van der Waals surface area (Å²) < 4.78 is 29.2. The van der Waals surface area contributed by atoms with Crippen molar-refractivity contribution in [3.63, 3.8) is 0 Å². The predicted octanol–water partition coefficient (Wildman–Crippen LogP) is 4.65. The number of anilines is 2. The van der Waals surface area contributed by atoms with E-state index in [-0.39, 0.29) is 10.8 Å². The molecular formula is C27H28N4O3S2. The van der Waals surface area contributed by atoms with E-state index >= 15 is 0 Å². The van der Waals surface area contributed by atoms with Gasteiger partial charge in [0.05, 0.1) is 20.8 Å². The van der Waals surface area contributed by atoms with Gasteiger partial charge >= 0.3 is 0 Å². The number of hydrogen-bond donors (Lipinski definition) is 0. The van der Waals surface area contributed by atoms with Crippen LogP contribution in [0.5, 0.6) is 0 Å². The molecular weight excluding hydrogens is 492 g/mol. The molecule has 2 heterocycles. The number of para-hydroxylation sites is 2. The molecule has 0 fully saturated rings. The third-order valence-electron chi connectivity index (χ3n) is 6.28. The molecule has 1 aromatic heterocycles. The van der Waals surface area contributed by atoms with Crippen LogP contribution in [0.25, 0.3) is 10.2 Å². The van der Waals surface area contributed by atoms with Crippen molar-refractivity contribution < 1.29 is 13.2 Å². The van der Waals surface area contributed by atoms with Crippen LogP contribution in [0.2, 0.25) is 0 Å². The molecule has 0 saturated heterocycles. The van der Waals surface area contributed by atoms with Crippen molar-refractivity contribution in [1.82, 2.24) is 9.88 Å². The molecule has 0 N–H and O–H groups in total. The lowest BCUT2D eigenvalue weighted by Crippen LogP contribution is -2.33. The van der Waals surface area contributed by atoms with Crippen molar-refractivity contribution in [2.75, 3.05) is 42.9 Å². The van der Waals surface area contributed by atoms with Gasteiger partial charge in [-0.3, -0.25) is 14.0 Å². The monoisotopic (exact) mass is 520 g/mol. The fourth-order valence-electron chi connectivity index (χ4n) is 4.41. The molecule has 5 rings (SSSR count). The van der Waals surface area contributed by atoms with Gasteiger partial charge in [-0.2, -0.15) is 0 Å². The third kappa shape index (κ3) is 4.74. The summed E-state index contributed by atoms with van der Waals surface area (Å²) in [5.41, 5.74) is 3.03. The Morgan fingerprint density at radius 1 is 0.972 bits per heavy atom. The lowest BCUT2D eigenvalue weighted by Gasteiger charge is -2.22. The lowest BCUT2D eigenvalue weighted by molar-refractivity contribution is 0.0986. The van der Waals surface area contributed by atoms with Crippen molar-refractivity contribution in [2.45, 2.75) is 17.7 Å². The number of thiazole rings is 1. The molecule has 4 aromatic rings. The number of sulfonamides is 1. The van der Waals surface area contributed by atoms with Crippen molar-refractivity contribution in [2.24, 2.45) is 0 Å². The van der Waals surface area contributed by atoms with Crippen molar-refractivity contribution in [3.8, 4) is 0 Å². The second-order valence-corrected chi connectivity index (χ2v) is 11.9. The summed E-state index contributed by atoms with van der Waals surface area (Å²) in [6.07, 6.45) is 1.48. The number of benzene rings is 3. The quantitative estimate of drug-likeness (QED) is 0.338. The molecule has 0 aliphatic carbocycles. The lowest BCUT2D eigenvalue weighted by atomic mass is 10.2. The number of carbonyl (C=O) groups excluding carboxylic acids is 1. The Morgan fingerprint density at radius 2 is 1.69 bits per heavy atom. The molecule has 1 amide bonds. The number of hydrogen-bond acceptors (Lipinski definition) is 6. The first-order chi connectivity index (χ1) is 17.3. The number of aromatic nitrogens is 1. The minimum absolute atomic E-state index is 0.176. The number of carbonyl (C=O) groups is 1. The molecule has 0 saturated carbocycles. The molecule has 36 heavy (non-hydrogen) atoms. The molecule has 7 nitrogen and oxygen atoms in total. The van der Waals surface area contributed by atoms with Crippen LogP contribution in [0.1, 0.15) is 22.3 Å². The zero-order valence-corrected chi connectivity index (χ0v) is 21.9. The summed E-state index contributed by atoms with van der Waals surface area (Å²) in [6, 6.07) is 21.6. The molecule has 1 aliphatic rings. The van der Waals surface area contributed by atoms with E-state index in [1.165, 1.54) is 27.8 Å². The van der Waals surface area contributed by atoms with E-state index in [0.29, 0.717) is 30.2 Å². The average Bonchev–Trinajstić information content (AvgIpc) is 3.51. The van der Waals surface area contributed by atoms with E-state index in [1.807, 2.05) is 62.6 Å². The first-order valence-corrected chi connectivity index (χ1v) is 14.1. The standard InChI is InChI=1S/C27H28N4O3S2/c1-29(2)17-7-18-30(27-28-23-9-4-6-11-25(23)35-27)26(32)21-12-14-22(15-13-21)36(33,34)31-19-16-20-8-3-5-10-24(20)31/h3-6,8-15H,7,16-19H2,1-2H3. The van der Waals surface area contributed by atoms with Gasteiger partial charge in [0.15, 0.2) is 5.13 Å². The first-order valence-electron chi connectivity index (χ1n) is 11.9. The van der Waals surface area contributed by atoms with E-state index in [4.69, 9.17) is 4.98 Å². The van der Waals surface area contributed by atoms with Crippen LogP contribution < -0.4 is 9.21 Å². The second-order valence-electron chi connectivity index (χ2n) is 9.06. The highest BCUT2D eigenvalue weighted by molar-refractivity contribution is 7.92. The van der Waals surface area contributed by atoms with Gasteiger partial charge in [-0.05, 0) is 81.5 Å². The van der Waals surface area contributed by atoms with Crippen LogP contribution in [0, 0.1) is 0 Å². The van der Waals surface area contributed by atoms with Gasteiger partial charge < -0.3 is 4.90 Å². The maximum absolute atomic E-state index is 13.6. The maximum Gasteiger partial charge on any atom is 0.264 e. The molecule has 0 radical (unpaired) electrons. The van der Waals surface area contributed by atoms with Gasteiger partial charge in [-0.25, -0.2) is 13.4 Å². The summed E-state index contributed by atoms with van der Waals surface area (Å²) in [7, 11) is 0.288. The summed E-state index contributed by atoms with van der Waals surface area (Å²) in [6.45, 7) is 1.77. The topological polar surface area (TPSA) is 73.8 Å². The first kappa shape index (κ1) is 24.4. The fourth-order valence-corrected chi connectivity index (χ4v) is 6.91. The van der Waals surface area contributed by atoms with E-state index in [2.05, 4.69) is 4.90 Å². The third-order valence-corrected chi connectivity index (χ3v) is 9.17. The van der Waals surface area contributed by atoms with Crippen LogP contribution >= 0.6 is 11.3 Å². The highest BCUT2D eigenvalue weighted by Gasteiger charge is 2.31. The van der Waals surface area contributed by atoms with E-state index < -0.39 is 10.0 Å². The second kappa shape index (κ2) is 10.0. The normalized spacial score (nSPS) is 13.4. The molecule has 0 atom stereocenters. The van der Waals surface area contributed by atoms with Crippen LogP contribution in [0.15, 0.2) is 77.7 Å². The Hall–Kier alpha value is -3.27. The highest BCUT2D eigenvalue weighted by atomic mass is 32.2. The number of amides is 1. The highest BCUT2D eigenvalue weighted by Crippen LogP contribution is 2.33. The van der Waals surface area contributed by atoms with Crippen LogP contribution in [0.4, 0.5) is 10.8 Å². The Morgan fingerprint density at radius 3 is 2.44 bits per heavy atom. The molecule has 0 spiro atoms. The Kier molecular flexibility index (Phi) is 6.79. The Labute approximate surface area is 215 Å². The number of nitrogens with zero attached hydrogens (tertiary/aromatic N) is 4. The van der Waals surface area contributed by atoms with Gasteiger partial charge in [0.1, 0.15) is 0 Å². The summed E-state index contributed by atoms with van der Waals surface area (Å²) in [5.74, 6) is -0.191.